The number of nitrogens with one attached hydrogen (secondary N) is 3. The van der Waals surface area contributed by atoms with E-state index in [-0.39, 0.29) is 29.7 Å². The summed E-state index contributed by atoms with van der Waals surface area (Å²) >= 11 is 11.5. The standard InChI is InChI=1S/C26H27ClN4O8S/c1-4-37-25(35)22-14(2)29-26(40)30-23(22)16-7-5-6-8-18(16)38-12-20(32)31-28-11-15-9-17(27)24(19(10-15)36-3)39-13-21(33)34/h5-11,23H,4,12-13H2,1-3H3,(H,31,32)(H,33,34)(H2,29,30,40)/t23-/m0/s1. The van der Waals surface area contributed by atoms with Gasteiger partial charge in [-0.05, 0) is 49.8 Å². The van der Waals surface area contributed by atoms with Gasteiger partial charge in [-0.3, -0.25) is 4.79 Å². The molecule has 4 N–H and O–H groups in total. The first-order valence-corrected chi connectivity index (χ1v) is 12.6. The maximum absolute atomic E-state index is 12.7. The summed E-state index contributed by atoms with van der Waals surface area (Å²) in [6, 6.07) is 9.25. The van der Waals surface area contributed by atoms with E-state index in [0.29, 0.717) is 33.3 Å². The molecule has 0 fully saturated rings. The number of amides is 1. The number of aliphatic carboxylic acids is 1. The van der Waals surface area contributed by atoms with Gasteiger partial charge >= 0.3 is 11.9 Å². The Morgan fingerprint density at radius 2 is 1.93 bits per heavy atom. The Hall–Kier alpha value is -4.36. The van der Waals surface area contributed by atoms with Gasteiger partial charge in [0.25, 0.3) is 5.91 Å². The van der Waals surface area contributed by atoms with Crippen LogP contribution in [0.3, 0.4) is 0 Å². The number of hydrogen-bond donors (Lipinski definition) is 4. The number of thiocarbonyl (C=S) groups is 1. The molecular formula is C26H27ClN4O8S. The van der Waals surface area contributed by atoms with Crippen molar-refractivity contribution in [2.75, 3.05) is 26.9 Å². The fourth-order valence-electron chi connectivity index (χ4n) is 3.70. The Morgan fingerprint density at radius 3 is 2.62 bits per heavy atom. The van der Waals surface area contributed by atoms with E-state index in [0.717, 1.165) is 0 Å². The van der Waals surface area contributed by atoms with E-state index in [9.17, 15) is 14.4 Å². The molecule has 1 amide bonds. The Balaban J connectivity index is 1.69. The fourth-order valence-corrected chi connectivity index (χ4v) is 4.24. The van der Waals surface area contributed by atoms with Crippen LogP contribution in [0.2, 0.25) is 5.02 Å². The third-order valence-corrected chi connectivity index (χ3v) is 5.85. The molecule has 0 radical (unpaired) electrons. The number of allylic oxidation sites excluding steroid dienone is 1. The Morgan fingerprint density at radius 1 is 1.18 bits per heavy atom. The van der Waals surface area contributed by atoms with Crippen molar-refractivity contribution in [3.05, 3.63) is 63.8 Å². The summed E-state index contributed by atoms with van der Waals surface area (Å²) in [5.41, 5.74) is 4.28. The smallest absolute Gasteiger partial charge is 0.341 e. The number of halogens is 1. The Labute approximate surface area is 240 Å². The number of carboxylic acids is 1. The molecule has 14 heteroatoms. The number of carboxylic acid groups (broad SMARTS) is 1. The lowest BCUT2D eigenvalue weighted by Crippen LogP contribution is -2.45. The quantitative estimate of drug-likeness (QED) is 0.125. The van der Waals surface area contributed by atoms with Gasteiger partial charge in [-0.2, -0.15) is 5.10 Å². The zero-order chi connectivity index (χ0) is 29.2. The lowest BCUT2D eigenvalue weighted by Gasteiger charge is -2.30. The SMILES string of the molecule is CCOC(=O)C1=C(C)NC(=S)N[C@H]1c1ccccc1OCC(=O)NN=Cc1cc(Cl)c(OCC(=O)O)c(OC)c1. The highest BCUT2D eigenvalue weighted by Gasteiger charge is 2.32. The molecule has 0 bridgehead atoms. The molecule has 212 valence electrons. The molecule has 0 aliphatic carbocycles. The second-order valence-corrected chi connectivity index (χ2v) is 8.94. The van der Waals surface area contributed by atoms with Crippen LogP contribution in [0.5, 0.6) is 17.2 Å². The molecule has 2 aromatic carbocycles. The van der Waals surface area contributed by atoms with E-state index in [4.69, 9.17) is 47.9 Å². The topological polar surface area (TPSA) is 157 Å². The predicted octanol–water partition coefficient (Wildman–Crippen LogP) is 2.70. The highest BCUT2D eigenvalue weighted by molar-refractivity contribution is 7.80. The molecular weight excluding hydrogens is 564 g/mol. The molecule has 0 spiro atoms. The summed E-state index contributed by atoms with van der Waals surface area (Å²) in [4.78, 5) is 35.9. The van der Waals surface area contributed by atoms with Crippen LogP contribution >= 0.6 is 23.8 Å². The van der Waals surface area contributed by atoms with Crippen molar-refractivity contribution in [3.63, 3.8) is 0 Å². The van der Waals surface area contributed by atoms with Crippen molar-refractivity contribution >= 4 is 53.0 Å². The number of ether oxygens (including phenoxy) is 4. The van der Waals surface area contributed by atoms with Crippen molar-refractivity contribution in [2.45, 2.75) is 19.9 Å². The number of carbonyl (C=O) groups excluding carboxylic acids is 2. The lowest BCUT2D eigenvalue weighted by molar-refractivity contribution is -0.140. The number of methoxy groups -OCH3 is 1. The van der Waals surface area contributed by atoms with Crippen molar-refractivity contribution in [1.29, 1.82) is 0 Å². The largest absolute Gasteiger partial charge is 0.493 e. The molecule has 2 aromatic rings. The van der Waals surface area contributed by atoms with E-state index < -0.39 is 30.5 Å². The summed E-state index contributed by atoms with van der Waals surface area (Å²) in [6.45, 7) is 2.66. The number of carbonyl (C=O) groups is 3. The predicted molar refractivity (Wildman–Crippen MR) is 150 cm³/mol. The molecule has 40 heavy (non-hydrogen) atoms. The maximum atomic E-state index is 12.7. The first-order chi connectivity index (χ1) is 19.1. The number of nitrogens with zero attached hydrogens (tertiary/aromatic N) is 1. The Bertz CT molecular complexity index is 1360. The molecule has 1 aliphatic heterocycles. The summed E-state index contributed by atoms with van der Waals surface area (Å²) in [5.74, 6) is -1.62. The molecule has 1 heterocycles. The monoisotopic (exact) mass is 590 g/mol. The van der Waals surface area contributed by atoms with Gasteiger partial charge in [0.05, 0.1) is 36.6 Å². The molecule has 3 rings (SSSR count). The summed E-state index contributed by atoms with van der Waals surface area (Å²) in [6.07, 6.45) is 1.32. The van der Waals surface area contributed by atoms with Gasteiger partial charge in [-0.25, -0.2) is 15.0 Å². The second kappa shape index (κ2) is 14.1. The average Bonchev–Trinajstić information content (AvgIpc) is 2.90. The van der Waals surface area contributed by atoms with Crippen LogP contribution in [0.25, 0.3) is 0 Å². The van der Waals surface area contributed by atoms with Crippen LogP contribution < -0.4 is 30.3 Å². The lowest BCUT2D eigenvalue weighted by atomic mass is 9.95. The zero-order valence-electron chi connectivity index (χ0n) is 21.8. The molecule has 0 saturated carbocycles. The fraction of sp³-hybridized carbons (Fsp3) is 0.269. The van der Waals surface area contributed by atoms with E-state index in [1.807, 2.05) is 0 Å². The van der Waals surface area contributed by atoms with Crippen molar-refractivity contribution in [1.82, 2.24) is 16.1 Å². The van der Waals surface area contributed by atoms with Gasteiger partial charge in [0.1, 0.15) is 5.75 Å². The van der Waals surface area contributed by atoms with Gasteiger partial charge in [0.2, 0.25) is 0 Å². The van der Waals surface area contributed by atoms with E-state index in [2.05, 4.69) is 21.2 Å². The molecule has 1 atom stereocenters. The first-order valence-electron chi connectivity index (χ1n) is 11.9. The molecule has 12 nitrogen and oxygen atoms in total. The van der Waals surface area contributed by atoms with Gasteiger partial charge < -0.3 is 34.7 Å². The van der Waals surface area contributed by atoms with Crippen LogP contribution in [0, 0.1) is 0 Å². The van der Waals surface area contributed by atoms with Gasteiger partial charge in [0, 0.05) is 11.3 Å². The van der Waals surface area contributed by atoms with E-state index in [1.54, 1.807) is 38.1 Å². The van der Waals surface area contributed by atoms with Crippen molar-refractivity contribution in [2.24, 2.45) is 5.10 Å². The van der Waals surface area contributed by atoms with Crippen LogP contribution in [-0.2, 0) is 19.1 Å². The minimum atomic E-state index is -1.17. The highest BCUT2D eigenvalue weighted by Crippen LogP contribution is 2.36. The van der Waals surface area contributed by atoms with Gasteiger partial charge in [0.15, 0.2) is 29.8 Å². The zero-order valence-corrected chi connectivity index (χ0v) is 23.4. The van der Waals surface area contributed by atoms with Crippen LogP contribution in [0.1, 0.15) is 31.0 Å². The number of benzene rings is 2. The summed E-state index contributed by atoms with van der Waals surface area (Å²) < 4.78 is 21.3. The van der Waals surface area contributed by atoms with E-state index in [1.165, 1.54) is 25.5 Å². The van der Waals surface area contributed by atoms with Crippen LogP contribution in [0.4, 0.5) is 0 Å². The molecule has 0 saturated heterocycles. The second-order valence-electron chi connectivity index (χ2n) is 8.13. The van der Waals surface area contributed by atoms with Crippen LogP contribution in [0.15, 0.2) is 52.8 Å². The molecule has 0 unspecified atom stereocenters. The summed E-state index contributed by atoms with van der Waals surface area (Å²) in [5, 5.41) is 19.1. The van der Waals surface area contributed by atoms with Crippen LogP contribution in [-0.4, -0.2) is 61.2 Å². The maximum Gasteiger partial charge on any atom is 0.341 e. The van der Waals surface area contributed by atoms with Gasteiger partial charge in [-0.15, -0.1) is 0 Å². The third kappa shape index (κ3) is 7.83. The normalized spacial score (nSPS) is 14.7. The third-order valence-electron chi connectivity index (χ3n) is 5.35. The number of para-hydroxylation sites is 1. The Kier molecular flexibility index (Phi) is 10.7. The summed E-state index contributed by atoms with van der Waals surface area (Å²) in [7, 11) is 1.37. The van der Waals surface area contributed by atoms with Crippen molar-refractivity contribution < 1.29 is 38.4 Å². The van der Waals surface area contributed by atoms with Crippen molar-refractivity contribution in [3.8, 4) is 17.2 Å². The minimum absolute atomic E-state index is 0.0694. The van der Waals surface area contributed by atoms with Gasteiger partial charge in [-0.1, -0.05) is 29.8 Å². The number of rotatable bonds is 12. The molecule has 1 aliphatic rings. The number of hydrogen-bond acceptors (Lipinski definition) is 9. The molecule has 0 aromatic heterocycles. The number of hydrazone groups is 1. The minimum Gasteiger partial charge on any atom is -0.493 e. The highest BCUT2D eigenvalue weighted by atomic mass is 35.5. The van der Waals surface area contributed by atoms with E-state index >= 15 is 0 Å². The average molecular weight is 591 g/mol. The first kappa shape index (κ1) is 30.2. The number of esters is 1.